The van der Waals surface area contributed by atoms with Gasteiger partial charge in [-0.2, -0.15) is 4.98 Å². The van der Waals surface area contributed by atoms with Crippen LogP contribution in [0.25, 0.3) is 0 Å². The van der Waals surface area contributed by atoms with Gasteiger partial charge in [0, 0.05) is 25.4 Å². The first-order valence-corrected chi connectivity index (χ1v) is 4.97. The van der Waals surface area contributed by atoms with Gasteiger partial charge >= 0.3 is 0 Å². The molecule has 0 aliphatic rings. The quantitative estimate of drug-likeness (QED) is 0.678. The third-order valence-electron chi connectivity index (χ3n) is 2.08. The fraction of sp³-hybridized carbons (Fsp3) is 0.600. The molecule has 0 aliphatic heterocycles. The Labute approximate surface area is 90.0 Å². The predicted molar refractivity (Wildman–Crippen MR) is 61.0 cm³/mol. The van der Waals surface area contributed by atoms with E-state index in [0.29, 0.717) is 12.4 Å². The van der Waals surface area contributed by atoms with Gasteiger partial charge in [-0.15, -0.1) is 0 Å². The molecule has 0 aliphatic carbocycles. The Bertz CT molecular complexity index is 314. The van der Waals surface area contributed by atoms with Crippen molar-refractivity contribution in [2.45, 2.75) is 25.8 Å². The van der Waals surface area contributed by atoms with Crippen LogP contribution in [0.2, 0.25) is 0 Å². The van der Waals surface area contributed by atoms with Crippen LogP contribution in [0.4, 0.5) is 11.8 Å². The van der Waals surface area contributed by atoms with Crippen molar-refractivity contribution in [3.63, 3.8) is 0 Å². The summed E-state index contributed by atoms with van der Waals surface area (Å²) in [7, 11) is 1.78. The third-order valence-corrected chi connectivity index (χ3v) is 2.08. The number of hydrogen-bond donors (Lipinski definition) is 3. The lowest BCUT2D eigenvalue weighted by atomic mass is 10.0. The van der Waals surface area contributed by atoms with Crippen molar-refractivity contribution >= 4 is 11.8 Å². The van der Waals surface area contributed by atoms with E-state index in [-0.39, 0.29) is 12.1 Å². The molecule has 0 fully saturated rings. The molecule has 0 radical (unpaired) electrons. The molecular weight excluding hydrogens is 192 g/mol. The second kappa shape index (κ2) is 4.93. The lowest BCUT2D eigenvalue weighted by Gasteiger charge is -2.25. The molecule has 0 bridgehead atoms. The first-order valence-electron chi connectivity index (χ1n) is 4.97. The SMILES string of the molecule is CNc1nccc(NC(C)(C)CCO)n1. The maximum Gasteiger partial charge on any atom is 0.224 e. The van der Waals surface area contributed by atoms with E-state index < -0.39 is 0 Å². The summed E-state index contributed by atoms with van der Waals surface area (Å²) in [6.07, 6.45) is 2.36. The maximum absolute atomic E-state index is 8.90. The van der Waals surface area contributed by atoms with E-state index in [4.69, 9.17) is 5.11 Å². The number of hydrogen-bond acceptors (Lipinski definition) is 5. The normalized spacial score (nSPS) is 11.2. The Morgan fingerprint density at radius 2 is 2.20 bits per heavy atom. The van der Waals surface area contributed by atoms with Crippen LogP contribution in [0.15, 0.2) is 12.3 Å². The van der Waals surface area contributed by atoms with Crippen LogP contribution in [0, 0.1) is 0 Å². The number of nitrogens with zero attached hydrogens (tertiary/aromatic N) is 2. The molecule has 1 aromatic rings. The molecule has 1 rings (SSSR count). The van der Waals surface area contributed by atoms with E-state index in [9.17, 15) is 0 Å². The van der Waals surface area contributed by atoms with Crippen molar-refractivity contribution in [3.8, 4) is 0 Å². The first kappa shape index (κ1) is 11.7. The summed E-state index contributed by atoms with van der Waals surface area (Å²) in [5.41, 5.74) is -0.173. The molecular formula is C10H18N4O. The largest absolute Gasteiger partial charge is 0.396 e. The highest BCUT2D eigenvalue weighted by molar-refractivity contribution is 5.41. The van der Waals surface area contributed by atoms with Crippen LogP contribution in [0.3, 0.4) is 0 Å². The van der Waals surface area contributed by atoms with Gasteiger partial charge in [-0.3, -0.25) is 0 Å². The van der Waals surface area contributed by atoms with Gasteiger partial charge in [-0.1, -0.05) is 0 Å². The van der Waals surface area contributed by atoms with E-state index in [1.807, 2.05) is 13.8 Å². The summed E-state index contributed by atoms with van der Waals surface area (Å²) < 4.78 is 0. The zero-order valence-corrected chi connectivity index (χ0v) is 9.41. The minimum absolute atomic E-state index is 0.157. The Morgan fingerprint density at radius 1 is 1.47 bits per heavy atom. The molecule has 84 valence electrons. The van der Waals surface area contributed by atoms with Crippen molar-refractivity contribution in [2.75, 3.05) is 24.3 Å². The summed E-state index contributed by atoms with van der Waals surface area (Å²) in [4.78, 5) is 8.27. The van der Waals surface area contributed by atoms with Crippen LogP contribution in [0.1, 0.15) is 20.3 Å². The van der Waals surface area contributed by atoms with Crippen molar-refractivity contribution in [3.05, 3.63) is 12.3 Å². The van der Waals surface area contributed by atoms with Gasteiger partial charge < -0.3 is 15.7 Å². The smallest absolute Gasteiger partial charge is 0.224 e. The average Bonchev–Trinajstić information content (AvgIpc) is 2.17. The van der Waals surface area contributed by atoms with E-state index in [2.05, 4.69) is 20.6 Å². The molecule has 1 aromatic heterocycles. The van der Waals surface area contributed by atoms with Crippen LogP contribution >= 0.6 is 0 Å². The highest BCUT2D eigenvalue weighted by Crippen LogP contribution is 2.16. The summed E-state index contributed by atoms with van der Waals surface area (Å²) in [6, 6.07) is 1.81. The molecule has 3 N–H and O–H groups in total. The van der Waals surface area contributed by atoms with E-state index in [1.54, 1.807) is 19.3 Å². The second-order valence-electron chi connectivity index (χ2n) is 4.00. The minimum Gasteiger partial charge on any atom is -0.396 e. The number of aliphatic hydroxyl groups excluding tert-OH is 1. The lowest BCUT2D eigenvalue weighted by molar-refractivity contribution is 0.260. The zero-order chi connectivity index (χ0) is 11.3. The van der Waals surface area contributed by atoms with Gasteiger partial charge in [0.05, 0.1) is 0 Å². The maximum atomic E-state index is 8.90. The second-order valence-corrected chi connectivity index (χ2v) is 4.00. The number of nitrogens with one attached hydrogen (secondary N) is 2. The summed E-state index contributed by atoms with van der Waals surface area (Å²) in [5.74, 6) is 1.34. The molecule has 0 saturated carbocycles. The van der Waals surface area contributed by atoms with Crippen LogP contribution < -0.4 is 10.6 Å². The van der Waals surface area contributed by atoms with E-state index in [0.717, 1.165) is 5.82 Å². The van der Waals surface area contributed by atoms with Crippen LogP contribution in [-0.4, -0.2) is 34.3 Å². The van der Waals surface area contributed by atoms with Gasteiger partial charge in [0.15, 0.2) is 0 Å². The monoisotopic (exact) mass is 210 g/mol. The molecule has 15 heavy (non-hydrogen) atoms. The summed E-state index contributed by atoms with van der Waals surface area (Å²) in [6.45, 7) is 4.19. The number of aromatic nitrogens is 2. The molecule has 0 saturated heterocycles. The van der Waals surface area contributed by atoms with Gasteiger partial charge in [-0.25, -0.2) is 4.98 Å². The average molecular weight is 210 g/mol. The number of rotatable bonds is 5. The number of anilines is 2. The summed E-state index contributed by atoms with van der Waals surface area (Å²) >= 11 is 0. The van der Waals surface area contributed by atoms with E-state index in [1.165, 1.54) is 0 Å². The molecule has 1 heterocycles. The van der Waals surface area contributed by atoms with Gasteiger partial charge in [-0.05, 0) is 26.3 Å². The van der Waals surface area contributed by atoms with Crippen LogP contribution in [0.5, 0.6) is 0 Å². The van der Waals surface area contributed by atoms with Gasteiger partial charge in [0.1, 0.15) is 5.82 Å². The van der Waals surface area contributed by atoms with Crippen molar-refractivity contribution in [1.82, 2.24) is 9.97 Å². The molecule has 5 nitrogen and oxygen atoms in total. The van der Waals surface area contributed by atoms with E-state index >= 15 is 0 Å². The van der Waals surface area contributed by atoms with Gasteiger partial charge in [0.2, 0.25) is 5.95 Å². The molecule has 0 spiro atoms. The Hall–Kier alpha value is -1.36. The van der Waals surface area contributed by atoms with Crippen molar-refractivity contribution in [2.24, 2.45) is 0 Å². The topological polar surface area (TPSA) is 70.1 Å². The third kappa shape index (κ3) is 3.71. The minimum atomic E-state index is -0.173. The Balaban J connectivity index is 2.71. The van der Waals surface area contributed by atoms with Gasteiger partial charge in [0.25, 0.3) is 0 Å². The fourth-order valence-electron chi connectivity index (χ4n) is 1.24. The number of aliphatic hydroxyl groups is 1. The molecule has 0 unspecified atom stereocenters. The van der Waals surface area contributed by atoms with Crippen LogP contribution in [-0.2, 0) is 0 Å². The first-order chi connectivity index (χ1) is 7.07. The predicted octanol–water partition coefficient (Wildman–Crippen LogP) is 1.09. The lowest BCUT2D eigenvalue weighted by Crippen LogP contribution is -2.32. The van der Waals surface area contributed by atoms with Crippen molar-refractivity contribution in [1.29, 1.82) is 0 Å². The fourth-order valence-corrected chi connectivity index (χ4v) is 1.24. The zero-order valence-electron chi connectivity index (χ0n) is 9.41. The Morgan fingerprint density at radius 3 is 2.80 bits per heavy atom. The molecule has 0 atom stereocenters. The Kier molecular flexibility index (Phi) is 3.85. The highest BCUT2D eigenvalue weighted by Gasteiger charge is 2.17. The molecule has 0 amide bonds. The summed E-state index contributed by atoms with van der Waals surface area (Å²) in [5, 5.41) is 15.0. The van der Waals surface area contributed by atoms with Crippen molar-refractivity contribution < 1.29 is 5.11 Å². The molecule has 5 heteroatoms. The standard InChI is InChI=1S/C10H18N4O/c1-10(2,5-7-15)14-8-4-6-12-9(11-3)13-8/h4,6,15H,5,7H2,1-3H3,(H2,11,12,13,14). The highest BCUT2D eigenvalue weighted by atomic mass is 16.3. The molecule has 0 aromatic carbocycles.